The number of phenolic OH excluding ortho intramolecular Hbond substituents is 1. The summed E-state index contributed by atoms with van der Waals surface area (Å²) >= 11 is 0. The number of hydrogen-bond acceptors (Lipinski definition) is 6. The number of rotatable bonds is 5. The third kappa shape index (κ3) is 3.53. The largest absolute Gasteiger partial charge is 0.505 e. The monoisotopic (exact) mass is 316 g/mol. The SMILES string of the molecule is COc1cc(N=Nc2cc(C)cc(C)c2O)cc(OC)c1OC. The minimum Gasteiger partial charge on any atom is -0.505 e. The lowest BCUT2D eigenvalue weighted by Crippen LogP contribution is -1.94. The Kier molecular flexibility index (Phi) is 5.05. The van der Waals surface area contributed by atoms with Crippen LogP contribution in [0.5, 0.6) is 23.0 Å². The van der Waals surface area contributed by atoms with Crippen LogP contribution < -0.4 is 14.2 Å². The van der Waals surface area contributed by atoms with Crippen molar-refractivity contribution < 1.29 is 19.3 Å². The topological polar surface area (TPSA) is 72.6 Å². The molecule has 6 heteroatoms. The average molecular weight is 316 g/mol. The molecule has 0 amide bonds. The van der Waals surface area contributed by atoms with Gasteiger partial charge in [0.05, 0.1) is 27.0 Å². The first-order valence-corrected chi connectivity index (χ1v) is 7.02. The number of aryl methyl sites for hydroxylation is 2. The summed E-state index contributed by atoms with van der Waals surface area (Å²) in [6.07, 6.45) is 0. The van der Waals surface area contributed by atoms with Gasteiger partial charge in [-0.3, -0.25) is 0 Å². The van der Waals surface area contributed by atoms with E-state index in [9.17, 15) is 5.11 Å². The van der Waals surface area contributed by atoms with Crippen molar-refractivity contribution in [3.63, 3.8) is 0 Å². The normalized spacial score (nSPS) is 10.8. The molecule has 0 radical (unpaired) electrons. The number of methoxy groups -OCH3 is 3. The van der Waals surface area contributed by atoms with Crippen LogP contribution >= 0.6 is 0 Å². The van der Waals surface area contributed by atoms with E-state index in [0.717, 1.165) is 11.1 Å². The van der Waals surface area contributed by atoms with E-state index in [4.69, 9.17) is 14.2 Å². The molecule has 0 spiro atoms. The minimum absolute atomic E-state index is 0.117. The molecular formula is C17H20N2O4. The standard InChI is InChI=1S/C17H20N2O4/c1-10-6-11(2)16(20)13(7-10)19-18-12-8-14(21-3)17(23-5)15(9-12)22-4/h6-9,20H,1-5H3. The van der Waals surface area contributed by atoms with Crippen LogP contribution in [-0.2, 0) is 0 Å². The van der Waals surface area contributed by atoms with E-state index in [2.05, 4.69) is 10.2 Å². The summed E-state index contributed by atoms with van der Waals surface area (Å²) < 4.78 is 15.8. The van der Waals surface area contributed by atoms with E-state index in [-0.39, 0.29) is 5.75 Å². The Hall–Kier alpha value is -2.76. The highest BCUT2D eigenvalue weighted by Gasteiger charge is 2.13. The first-order valence-electron chi connectivity index (χ1n) is 7.02. The second-order valence-electron chi connectivity index (χ2n) is 5.03. The van der Waals surface area contributed by atoms with E-state index in [0.29, 0.717) is 28.6 Å². The van der Waals surface area contributed by atoms with Crippen molar-refractivity contribution >= 4 is 11.4 Å². The molecule has 2 aromatic carbocycles. The lowest BCUT2D eigenvalue weighted by atomic mass is 10.1. The van der Waals surface area contributed by atoms with Gasteiger partial charge in [-0.2, -0.15) is 5.11 Å². The number of benzene rings is 2. The van der Waals surface area contributed by atoms with E-state index in [1.165, 1.54) is 21.3 Å². The predicted molar refractivity (Wildman–Crippen MR) is 87.9 cm³/mol. The average Bonchev–Trinajstić information content (AvgIpc) is 2.55. The zero-order valence-electron chi connectivity index (χ0n) is 13.9. The molecular weight excluding hydrogens is 296 g/mol. The zero-order chi connectivity index (χ0) is 17.0. The molecule has 0 unspecified atom stereocenters. The first kappa shape index (κ1) is 16.6. The Morgan fingerprint density at radius 2 is 1.43 bits per heavy atom. The van der Waals surface area contributed by atoms with Gasteiger partial charge >= 0.3 is 0 Å². The van der Waals surface area contributed by atoms with Crippen LogP contribution in [0.25, 0.3) is 0 Å². The van der Waals surface area contributed by atoms with E-state index < -0.39 is 0 Å². The maximum atomic E-state index is 10.1. The molecule has 0 atom stereocenters. The number of nitrogens with zero attached hydrogens (tertiary/aromatic N) is 2. The van der Waals surface area contributed by atoms with Crippen LogP contribution in [0.2, 0.25) is 0 Å². The van der Waals surface area contributed by atoms with Gasteiger partial charge in [-0.15, -0.1) is 5.11 Å². The van der Waals surface area contributed by atoms with Gasteiger partial charge in [-0.25, -0.2) is 0 Å². The molecule has 0 aliphatic carbocycles. The van der Waals surface area contributed by atoms with Crippen molar-refractivity contribution in [3.8, 4) is 23.0 Å². The summed E-state index contributed by atoms with van der Waals surface area (Å²) in [5, 5.41) is 18.3. The highest BCUT2D eigenvalue weighted by Crippen LogP contribution is 2.41. The van der Waals surface area contributed by atoms with Gasteiger partial charge in [-0.05, 0) is 31.0 Å². The van der Waals surface area contributed by atoms with Gasteiger partial charge in [0.2, 0.25) is 5.75 Å². The molecule has 1 N–H and O–H groups in total. The molecule has 23 heavy (non-hydrogen) atoms. The van der Waals surface area contributed by atoms with Gasteiger partial charge in [0.15, 0.2) is 11.5 Å². The highest BCUT2D eigenvalue weighted by molar-refractivity contribution is 5.61. The Balaban J connectivity index is 2.44. The lowest BCUT2D eigenvalue weighted by Gasteiger charge is -2.12. The van der Waals surface area contributed by atoms with Crippen LogP contribution in [0.3, 0.4) is 0 Å². The summed E-state index contributed by atoms with van der Waals surface area (Å²) in [6, 6.07) is 7.02. The summed E-state index contributed by atoms with van der Waals surface area (Å²) in [6.45, 7) is 3.76. The molecule has 0 fully saturated rings. The molecule has 0 aliphatic heterocycles. The maximum Gasteiger partial charge on any atom is 0.203 e. The molecule has 2 rings (SSSR count). The van der Waals surface area contributed by atoms with Gasteiger partial charge in [0.25, 0.3) is 0 Å². The number of ether oxygens (including phenoxy) is 3. The number of phenols is 1. The van der Waals surface area contributed by atoms with Crippen molar-refractivity contribution in [1.29, 1.82) is 0 Å². The van der Waals surface area contributed by atoms with Gasteiger partial charge < -0.3 is 19.3 Å². The number of hydrogen-bond donors (Lipinski definition) is 1. The molecule has 0 bridgehead atoms. The number of azo groups is 1. The van der Waals surface area contributed by atoms with Crippen molar-refractivity contribution in [1.82, 2.24) is 0 Å². The first-order chi connectivity index (χ1) is 11.0. The van der Waals surface area contributed by atoms with E-state index in [1.807, 2.05) is 19.9 Å². The third-order valence-corrected chi connectivity index (χ3v) is 3.35. The van der Waals surface area contributed by atoms with Gasteiger partial charge in [0.1, 0.15) is 11.4 Å². The summed E-state index contributed by atoms with van der Waals surface area (Å²) in [5.74, 6) is 1.59. The smallest absolute Gasteiger partial charge is 0.203 e. The fourth-order valence-electron chi connectivity index (χ4n) is 2.25. The van der Waals surface area contributed by atoms with Gasteiger partial charge in [-0.1, -0.05) is 6.07 Å². The molecule has 2 aromatic rings. The van der Waals surface area contributed by atoms with E-state index >= 15 is 0 Å². The Labute approximate surface area is 135 Å². The molecule has 0 heterocycles. The van der Waals surface area contributed by atoms with Crippen LogP contribution in [0.1, 0.15) is 11.1 Å². The zero-order valence-corrected chi connectivity index (χ0v) is 13.9. The predicted octanol–water partition coefficient (Wildman–Crippen LogP) is 4.45. The summed E-state index contributed by atoms with van der Waals surface area (Å²) in [5.41, 5.74) is 2.69. The Bertz CT molecular complexity index is 717. The van der Waals surface area contributed by atoms with Crippen molar-refractivity contribution in [3.05, 3.63) is 35.4 Å². The van der Waals surface area contributed by atoms with Crippen LogP contribution in [0, 0.1) is 13.8 Å². The second-order valence-corrected chi connectivity index (χ2v) is 5.03. The molecule has 0 saturated carbocycles. The van der Waals surface area contributed by atoms with Gasteiger partial charge in [0, 0.05) is 12.1 Å². The molecule has 122 valence electrons. The van der Waals surface area contributed by atoms with Crippen LogP contribution in [0.15, 0.2) is 34.5 Å². The minimum atomic E-state index is 0.117. The summed E-state index contributed by atoms with van der Waals surface area (Å²) in [4.78, 5) is 0. The molecule has 0 aliphatic rings. The van der Waals surface area contributed by atoms with E-state index in [1.54, 1.807) is 18.2 Å². The highest BCUT2D eigenvalue weighted by atomic mass is 16.5. The van der Waals surface area contributed by atoms with Crippen LogP contribution in [0.4, 0.5) is 11.4 Å². The van der Waals surface area contributed by atoms with Crippen molar-refractivity contribution in [2.24, 2.45) is 10.2 Å². The molecule has 0 saturated heterocycles. The maximum absolute atomic E-state index is 10.1. The van der Waals surface area contributed by atoms with Crippen molar-refractivity contribution in [2.75, 3.05) is 21.3 Å². The fourth-order valence-corrected chi connectivity index (χ4v) is 2.25. The lowest BCUT2D eigenvalue weighted by molar-refractivity contribution is 0.324. The fraction of sp³-hybridized carbons (Fsp3) is 0.294. The Morgan fingerprint density at radius 1 is 0.826 bits per heavy atom. The molecule has 0 aromatic heterocycles. The summed E-state index contributed by atoms with van der Waals surface area (Å²) in [7, 11) is 4.61. The second kappa shape index (κ2) is 7.00. The van der Waals surface area contributed by atoms with Crippen LogP contribution in [-0.4, -0.2) is 26.4 Å². The van der Waals surface area contributed by atoms with Crippen molar-refractivity contribution in [2.45, 2.75) is 13.8 Å². The Morgan fingerprint density at radius 3 is 1.96 bits per heavy atom. The molecule has 6 nitrogen and oxygen atoms in total. The number of aromatic hydroxyl groups is 1. The third-order valence-electron chi connectivity index (χ3n) is 3.35. The quantitative estimate of drug-likeness (QED) is 0.827.